The van der Waals surface area contributed by atoms with Crippen molar-refractivity contribution in [1.82, 2.24) is 0 Å². The maximum Gasteiger partial charge on any atom is 0.343 e. The Kier molecular flexibility index (Phi) is 9.01. The van der Waals surface area contributed by atoms with Gasteiger partial charge in [-0.05, 0) is 55.8 Å². The number of carbonyl (C=O) groups excluding carboxylic acids is 2. The normalized spacial score (nSPS) is 10.4. The minimum atomic E-state index is -0.493. The molecule has 150 valence electrons. The van der Waals surface area contributed by atoms with E-state index < -0.39 is 11.9 Å². The number of carbonyl (C=O) groups is 2. The monoisotopic (exact) mass is 386 g/mol. The molecule has 0 radical (unpaired) electrons. The molecule has 0 heterocycles. The van der Waals surface area contributed by atoms with Gasteiger partial charge in [-0.1, -0.05) is 19.4 Å². The van der Waals surface area contributed by atoms with Crippen LogP contribution in [0.25, 0.3) is 0 Å². The lowest BCUT2D eigenvalue weighted by Crippen LogP contribution is -2.11. The van der Waals surface area contributed by atoms with E-state index in [1.165, 1.54) is 0 Å². The Morgan fingerprint density at radius 2 is 1.61 bits per heavy atom. The van der Waals surface area contributed by atoms with Crippen LogP contribution in [-0.2, 0) is 9.47 Å². The topological polar surface area (TPSA) is 71.1 Å². The standard InChI is InChI=1S/C22H26O6/c1-3-5-13-26-20-8-6-7-18(16-20)22(24)28-19-11-9-17(10-12-19)21(23)27-15-14-25-4-2/h6-12,16H,3-5,13-15H2,1-2H3. The van der Waals surface area contributed by atoms with E-state index in [-0.39, 0.29) is 6.61 Å². The van der Waals surface area contributed by atoms with Crippen molar-refractivity contribution in [3.63, 3.8) is 0 Å². The second kappa shape index (κ2) is 11.8. The van der Waals surface area contributed by atoms with Crippen LogP contribution in [0.15, 0.2) is 48.5 Å². The maximum absolute atomic E-state index is 12.3. The third-order valence-electron chi connectivity index (χ3n) is 3.80. The molecule has 0 aliphatic heterocycles. The third-order valence-corrected chi connectivity index (χ3v) is 3.80. The number of hydrogen-bond donors (Lipinski definition) is 0. The molecule has 0 unspecified atom stereocenters. The van der Waals surface area contributed by atoms with Crippen LogP contribution >= 0.6 is 0 Å². The number of hydrogen-bond acceptors (Lipinski definition) is 6. The molecule has 0 atom stereocenters. The molecular weight excluding hydrogens is 360 g/mol. The second-order valence-corrected chi connectivity index (χ2v) is 5.98. The van der Waals surface area contributed by atoms with Gasteiger partial charge in [0, 0.05) is 6.61 Å². The first-order valence-electron chi connectivity index (χ1n) is 9.44. The zero-order chi connectivity index (χ0) is 20.2. The SMILES string of the molecule is CCCCOc1cccc(C(=O)Oc2ccc(C(=O)OCCOCC)cc2)c1. The summed E-state index contributed by atoms with van der Waals surface area (Å²) in [7, 11) is 0. The molecule has 28 heavy (non-hydrogen) atoms. The highest BCUT2D eigenvalue weighted by atomic mass is 16.6. The predicted octanol–water partition coefficient (Wildman–Crippen LogP) is 4.28. The van der Waals surface area contributed by atoms with Crippen LogP contribution in [0.3, 0.4) is 0 Å². The minimum absolute atomic E-state index is 0.195. The Labute approximate surface area is 165 Å². The van der Waals surface area contributed by atoms with Crippen LogP contribution in [0.4, 0.5) is 0 Å². The molecule has 6 heteroatoms. The molecule has 0 N–H and O–H groups in total. The number of ether oxygens (including phenoxy) is 4. The molecule has 0 saturated carbocycles. The molecule has 0 aliphatic carbocycles. The molecule has 0 fully saturated rings. The van der Waals surface area contributed by atoms with Crippen molar-refractivity contribution in [3.05, 3.63) is 59.7 Å². The molecule has 2 aromatic carbocycles. The van der Waals surface area contributed by atoms with Gasteiger partial charge < -0.3 is 18.9 Å². The highest BCUT2D eigenvalue weighted by molar-refractivity contribution is 5.92. The Hall–Kier alpha value is -2.86. The summed E-state index contributed by atoms with van der Waals surface area (Å²) in [5.74, 6) is 0.0312. The zero-order valence-corrected chi connectivity index (χ0v) is 16.3. The first-order valence-corrected chi connectivity index (χ1v) is 9.44. The van der Waals surface area contributed by atoms with E-state index in [9.17, 15) is 9.59 Å². The van der Waals surface area contributed by atoms with Crippen molar-refractivity contribution in [1.29, 1.82) is 0 Å². The van der Waals surface area contributed by atoms with E-state index in [2.05, 4.69) is 6.92 Å². The van der Waals surface area contributed by atoms with Gasteiger partial charge in [0.25, 0.3) is 0 Å². The average molecular weight is 386 g/mol. The van der Waals surface area contributed by atoms with Gasteiger partial charge in [-0.15, -0.1) is 0 Å². The van der Waals surface area contributed by atoms with Gasteiger partial charge in [0.05, 0.1) is 24.3 Å². The lowest BCUT2D eigenvalue weighted by molar-refractivity contribution is 0.0335. The van der Waals surface area contributed by atoms with Crippen molar-refractivity contribution in [3.8, 4) is 11.5 Å². The summed E-state index contributed by atoms with van der Waals surface area (Å²) in [5.41, 5.74) is 0.774. The Balaban J connectivity index is 1.90. The van der Waals surface area contributed by atoms with Crippen molar-refractivity contribution < 1.29 is 28.5 Å². The van der Waals surface area contributed by atoms with E-state index >= 15 is 0 Å². The summed E-state index contributed by atoms with van der Waals surface area (Å²) in [6.07, 6.45) is 1.99. The predicted molar refractivity (Wildman–Crippen MR) is 105 cm³/mol. The highest BCUT2D eigenvalue weighted by Crippen LogP contribution is 2.18. The van der Waals surface area contributed by atoms with Crippen LogP contribution in [0.5, 0.6) is 11.5 Å². The number of benzene rings is 2. The summed E-state index contributed by atoms with van der Waals surface area (Å²) >= 11 is 0. The van der Waals surface area contributed by atoms with Gasteiger partial charge in [0.15, 0.2) is 0 Å². The molecule has 0 spiro atoms. The zero-order valence-electron chi connectivity index (χ0n) is 16.3. The van der Waals surface area contributed by atoms with Gasteiger partial charge in [0.2, 0.25) is 0 Å². The van der Waals surface area contributed by atoms with E-state index in [1.807, 2.05) is 6.92 Å². The van der Waals surface area contributed by atoms with Gasteiger partial charge in [-0.25, -0.2) is 9.59 Å². The molecule has 0 aliphatic rings. The summed E-state index contributed by atoms with van der Waals surface area (Å²) in [5, 5.41) is 0. The first kappa shape index (κ1) is 21.4. The summed E-state index contributed by atoms with van der Waals surface area (Å²) < 4.78 is 21.2. The third kappa shape index (κ3) is 7.04. The summed E-state index contributed by atoms with van der Waals surface area (Å²) in [6, 6.07) is 13.1. The molecule has 0 aromatic heterocycles. The fourth-order valence-electron chi connectivity index (χ4n) is 2.29. The van der Waals surface area contributed by atoms with E-state index in [1.54, 1.807) is 48.5 Å². The molecule has 2 rings (SSSR count). The Bertz CT molecular complexity index is 754. The number of rotatable bonds is 11. The Morgan fingerprint density at radius 3 is 2.32 bits per heavy atom. The smallest absolute Gasteiger partial charge is 0.343 e. The average Bonchev–Trinajstić information content (AvgIpc) is 2.72. The number of esters is 2. The van der Waals surface area contributed by atoms with Crippen LogP contribution in [-0.4, -0.2) is 38.4 Å². The maximum atomic E-state index is 12.3. The van der Waals surface area contributed by atoms with Crippen LogP contribution in [0.2, 0.25) is 0 Å². The van der Waals surface area contributed by atoms with Gasteiger partial charge in [-0.3, -0.25) is 0 Å². The number of unbranched alkanes of at least 4 members (excludes halogenated alkanes) is 1. The van der Waals surface area contributed by atoms with E-state index in [4.69, 9.17) is 18.9 Å². The lowest BCUT2D eigenvalue weighted by atomic mass is 10.2. The van der Waals surface area contributed by atoms with Crippen LogP contribution < -0.4 is 9.47 Å². The van der Waals surface area contributed by atoms with Gasteiger partial charge >= 0.3 is 11.9 Å². The van der Waals surface area contributed by atoms with Crippen molar-refractivity contribution >= 4 is 11.9 Å². The van der Waals surface area contributed by atoms with Crippen molar-refractivity contribution in [2.75, 3.05) is 26.4 Å². The molecule has 0 saturated heterocycles. The van der Waals surface area contributed by atoms with Crippen molar-refractivity contribution in [2.45, 2.75) is 26.7 Å². The van der Waals surface area contributed by atoms with Crippen molar-refractivity contribution in [2.24, 2.45) is 0 Å². The lowest BCUT2D eigenvalue weighted by Gasteiger charge is -2.08. The largest absolute Gasteiger partial charge is 0.494 e. The fraction of sp³-hybridized carbons (Fsp3) is 0.364. The van der Waals surface area contributed by atoms with Crippen LogP contribution in [0.1, 0.15) is 47.4 Å². The fourth-order valence-corrected chi connectivity index (χ4v) is 2.29. The van der Waals surface area contributed by atoms with E-state index in [0.29, 0.717) is 42.4 Å². The highest BCUT2D eigenvalue weighted by Gasteiger charge is 2.12. The summed E-state index contributed by atoms with van der Waals surface area (Å²) in [6.45, 7) is 5.70. The first-order chi connectivity index (χ1) is 13.6. The van der Waals surface area contributed by atoms with E-state index in [0.717, 1.165) is 12.8 Å². The quantitative estimate of drug-likeness (QED) is 0.326. The van der Waals surface area contributed by atoms with Crippen LogP contribution in [0, 0.1) is 0 Å². The molecule has 0 amide bonds. The molecule has 0 bridgehead atoms. The molecule has 6 nitrogen and oxygen atoms in total. The molecule has 2 aromatic rings. The Morgan fingerprint density at radius 1 is 0.821 bits per heavy atom. The molecular formula is C22H26O6. The van der Waals surface area contributed by atoms with Gasteiger partial charge in [0.1, 0.15) is 18.1 Å². The second-order valence-electron chi connectivity index (χ2n) is 5.98. The van der Waals surface area contributed by atoms with Gasteiger partial charge in [-0.2, -0.15) is 0 Å². The summed E-state index contributed by atoms with van der Waals surface area (Å²) in [4.78, 5) is 24.2. The minimum Gasteiger partial charge on any atom is -0.494 e.